The summed E-state index contributed by atoms with van der Waals surface area (Å²) in [5, 5.41) is 0. The van der Waals surface area contributed by atoms with Gasteiger partial charge in [-0.3, -0.25) is 0 Å². The monoisotopic (exact) mass is 362 g/mol. The van der Waals surface area contributed by atoms with E-state index in [0.717, 1.165) is 19.6 Å². The summed E-state index contributed by atoms with van der Waals surface area (Å²) in [5.74, 6) is 0.349. The molecule has 0 aromatic heterocycles. The fourth-order valence-electron chi connectivity index (χ4n) is 2.28. The molecule has 7 heteroatoms. The zero-order chi connectivity index (χ0) is 14.6. The normalized spacial score (nSPS) is 16.5. The molecule has 0 aliphatic carbocycles. The molecule has 2 rings (SSSR count). The maximum absolute atomic E-state index is 12.3. The van der Waals surface area contributed by atoms with Crippen LogP contribution in [0.1, 0.15) is 12.8 Å². The lowest BCUT2D eigenvalue weighted by Crippen LogP contribution is -2.33. The van der Waals surface area contributed by atoms with Crippen molar-refractivity contribution >= 4 is 26.0 Å². The third kappa shape index (κ3) is 3.94. The number of nitrogens with zero attached hydrogens (tertiary/aromatic N) is 1. The zero-order valence-corrected chi connectivity index (χ0v) is 13.8. The molecule has 1 N–H and O–H groups in total. The Bertz CT molecular complexity index is 557. The molecule has 112 valence electrons. The molecule has 0 bridgehead atoms. The van der Waals surface area contributed by atoms with Crippen molar-refractivity contribution in [1.82, 2.24) is 9.62 Å². The first kappa shape index (κ1) is 15.8. The van der Waals surface area contributed by atoms with E-state index < -0.39 is 10.0 Å². The van der Waals surface area contributed by atoms with Crippen LogP contribution < -0.4 is 9.46 Å². The van der Waals surface area contributed by atoms with E-state index in [9.17, 15) is 8.42 Å². The molecular weight excluding hydrogens is 344 g/mol. The molecule has 1 aromatic rings. The summed E-state index contributed by atoms with van der Waals surface area (Å²) in [6.45, 7) is 3.28. The average Bonchev–Trinajstić information content (AvgIpc) is 2.91. The van der Waals surface area contributed by atoms with E-state index >= 15 is 0 Å². The van der Waals surface area contributed by atoms with Crippen LogP contribution >= 0.6 is 15.9 Å². The Morgan fingerprint density at radius 2 is 2.05 bits per heavy atom. The van der Waals surface area contributed by atoms with Crippen molar-refractivity contribution in [2.45, 2.75) is 17.7 Å². The molecule has 1 aliphatic heterocycles. The van der Waals surface area contributed by atoms with Crippen molar-refractivity contribution in [3.63, 3.8) is 0 Å². The van der Waals surface area contributed by atoms with Gasteiger partial charge in [-0.2, -0.15) is 0 Å². The maximum atomic E-state index is 12.3. The van der Waals surface area contributed by atoms with Crippen LogP contribution in [0.25, 0.3) is 0 Å². The van der Waals surface area contributed by atoms with Crippen molar-refractivity contribution in [2.75, 3.05) is 33.3 Å². The fraction of sp³-hybridized carbons (Fsp3) is 0.538. The Morgan fingerprint density at radius 1 is 1.35 bits per heavy atom. The van der Waals surface area contributed by atoms with Crippen LogP contribution in [0.15, 0.2) is 27.6 Å². The van der Waals surface area contributed by atoms with Crippen LogP contribution in [-0.4, -0.2) is 46.6 Å². The Labute approximate surface area is 128 Å². The van der Waals surface area contributed by atoms with E-state index in [0.29, 0.717) is 16.8 Å². The van der Waals surface area contributed by atoms with Gasteiger partial charge in [0, 0.05) is 17.6 Å². The van der Waals surface area contributed by atoms with E-state index in [1.807, 2.05) is 0 Å². The van der Waals surface area contributed by atoms with Crippen molar-refractivity contribution < 1.29 is 13.2 Å². The highest BCUT2D eigenvalue weighted by atomic mass is 79.9. The highest BCUT2D eigenvalue weighted by Gasteiger charge is 2.20. The summed E-state index contributed by atoms with van der Waals surface area (Å²) in [7, 11) is -2.08. The molecule has 0 spiro atoms. The molecule has 0 unspecified atom stereocenters. The molecule has 1 fully saturated rings. The summed E-state index contributed by atoms with van der Waals surface area (Å²) in [4.78, 5) is 2.43. The third-order valence-electron chi connectivity index (χ3n) is 3.33. The van der Waals surface area contributed by atoms with Gasteiger partial charge < -0.3 is 9.64 Å². The molecule has 5 nitrogen and oxygen atoms in total. The van der Waals surface area contributed by atoms with Gasteiger partial charge in [-0.15, -0.1) is 0 Å². The van der Waals surface area contributed by atoms with Gasteiger partial charge in [0.25, 0.3) is 0 Å². The van der Waals surface area contributed by atoms with Gasteiger partial charge in [0.05, 0.1) is 7.11 Å². The first-order valence-electron chi connectivity index (χ1n) is 6.58. The molecule has 1 heterocycles. The van der Waals surface area contributed by atoms with Crippen molar-refractivity contribution in [2.24, 2.45) is 0 Å². The molecule has 0 atom stereocenters. The number of nitrogens with one attached hydrogen (secondary N) is 1. The van der Waals surface area contributed by atoms with E-state index in [1.165, 1.54) is 20.0 Å². The molecule has 1 aliphatic rings. The van der Waals surface area contributed by atoms with Crippen molar-refractivity contribution in [1.29, 1.82) is 0 Å². The number of rotatable bonds is 6. The van der Waals surface area contributed by atoms with Gasteiger partial charge in [-0.25, -0.2) is 13.1 Å². The number of methoxy groups -OCH3 is 1. The molecule has 0 radical (unpaired) electrons. The molecule has 1 saturated heterocycles. The summed E-state index contributed by atoms with van der Waals surface area (Å²) in [6, 6.07) is 4.94. The van der Waals surface area contributed by atoms with Crippen LogP contribution in [0.3, 0.4) is 0 Å². The third-order valence-corrected chi connectivity index (χ3v) is 5.31. The first-order chi connectivity index (χ1) is 9.53. The second-order valence-corrected chi connectivity index (χ2v) is 7.39. The fourth-order valence-corrected chi connectivity index (χ4v) is 4.01. The summed E-state index contributed by atoms with van der Waals surface area (Å²) < 4.78 is 33.1. The molecule has 0 saturated carbocycles. The number of sulfonamides is 1. The molecule has 0 amide bonds. The van der Waals surface area contributed by atoms with E-state index in [1.54, 1.807) is 18.2 Å². The van der Waals surface area contributed by atoms with Crippen molar-refractivity contribution in [3.05, 3.63) is 22.7 Å². The van der Waals surface area contributed by atoms with Gasteiger partial charge in [0.15, 0.2) is 0 Å². The first-order valence-corrected chi connectivity index (χ1v) is 8.86. The predicted octanol–water partition coefficient (Wildman–Crippen LogP) is 1.83. The minimum Gasteiger partial charge on any atom is -0.495 e. The van der Waals surface area contributed by atoms with Gasteiger partial charge in [0.1, 0.15) is 10.6 Å². The van der Waals surface area contributed by atoms with E-state index in [2.05, 4.69) is 25.6 Å². The van der Waals surface area contributed by atoms with Crippen molar-refractivity contribution in [3.8, 4) is 5.75 Å². The predicted molar refractivity (Wildman–Crippen MR) is 81.6 cm³/mol. The number of hydrogen-bond donors (Lipinski definition) is 1. The number of benzene rings is 1. The second kappa shape index (κ2) is 6.89. The minimum atomic E-state index is -3.55. The lowest BCUT2D eigenvalue weighted by Gasteiger charge is -2.15. The van der Waals surface area contributed by atoms with E-state index in [4.69, 9.17) is 4.74 Å². The number of ether oxygens (including phenoxy) is 1. The Balaban J connectivity index is 2.03. The smallest absolute Gasteiger partial charge is 0.244 e. The van der Waals surface area contributed by atoms with Crippen LogP contribution in [0.2, 0.25) is 0 Å². The summed E-state index contributed by atoms with van der Waals surface area (Å²) in [5.41, 5.74) is 0. The largest absolute Gasteiger partial charge is 0.495 e. The molecular formula is C13H19BrN2O3S. The van der Waals surface area contributed by atoms with Gasteiger partial charge in [-0.1, -0.05) is 15.9 Å². The van der Waals surface area contributed by atoms with Gasteiger partial charge in [-0.05, 0) is 44.1 Å². The van der Waals surface area contributed by atoms with Gasteiger partial charge in [0.2, 0.25) is 10.0 Å². The zero-order valence-electron chi connectivity index (χ0n) is 11.4. The summed E-state index contributed by atoms with van der Waals surface area (Å²) >= 11 is 3.28. The average molecular weight is 363 g/mol. The molecule has 1 aromatic carbocycles. The van der Waals surface area contributed by atoms with Crippen LogP contribution in [0.4, 0.5) is 0 Å². The number of hydrogen-bond acceptors (Lipinski definition) is 4. The maximum Gasteiger partial charge on any atom is 0.244 e. The van der Waals surface area contributed by atoms with Gasteiger partial charge >= 0.3 is 0 Å². The molecule has 20 heavy (non-hydrogen) atoms. The highest BCUT2D eigenvalue weighted by Crippen LogP contribution is 2.26. The quantitative estimate of drug-likeness (QED) is 0.838. The van der Waals surface area contributed by atoms with Crippen LogP contribution in [0.5, 0.6) is 5.75 Å². The Morgan fingerprint density at radius 3 is 2.70 bits per heavy atom. The topological polar surface area (TPSA) is 58.6 Å². The second-order valence-electron chi connectivity index (χ2n) is 4.74. The highest BCUT2D eigenvalue weighted by molar-refractivity contribution is 9.10. The lowest BCUT2D eigenvalue weighted by atomic mass is 10.3. The van der Waals surface area contributed by atoms with Crippen LogP contribution in [0, 0.1) is 0 Å². The van der Waals surface area contributed by atoms with E-state index in [-0.39, 0.29) is 4.90 Å². The van der Waals surface area contributed by atoms with Crippen LogP contribution in [-0.2, 0) is 10.0 Å². The SMILES string of the molecule is COc1ccc(Br)cc1S(=O)(=O)NCCN1CCCC1. The summed E-state index contributed by atoms with van der Waals surface area (Å²) in [6.07, 6.45) is 2.40. The Kier molecular flexibility index (Phi) is 5.42. The lowest BCUT2D eigenvalue weighted by molar-refractivity contribution is 0.344. The Hall–Kier alpha value is -0.630. The minimum absolute atomic E-state index is 0.163. The standard InChI is InChI=1S/C13H19BrN2O3S/c1-19-12-5-4-11(14)10-13(12)20(17,18)15-6-9-16-7-2-3-8-16/h4-5,10,15H,2-3,6-9H2,1H3. The number of halogens is 1. The number of likely N-dealkylation sites (tertiary alicyclic amines) is 1.